The maximum absolute atomic E-state index is 13.4. The molecule has 0 atom stereocenters. The first-order valence-corrected chi connectivity index (χ1v) is 9.55. The molecule has 0 saturated carbocycles. The molecule has 0 aliphatic rings. The van der Waals surface area contributed by atoms with Crippen molar-refractivity contribution in [2.75, 3.05) is 5.32 Å². The number of fused-ring (bicyclic) bond motifs is 1. The van der Waals surface area contributed by atoms with Crippen molar-refractivity contribution in [3.05, 3.63) is 64.4 Å². The molecule has 2 aromatic carbocycles. The first-order valence-electron chi connectivity index (χ1n) is 9.55. The smallest absolute Gasteiger partial charge is 0.329 e. The van der Waals surface area contributed by atoms with Gasteiger partial charge in [-0.3, -0.25) is 13.9 Å². The van der Waals surface area contributed by atoms with Crippen molar-refractivity contribution < 1.29 is 18.1 Å². The van der Waals surface area contributed by atoms with E-state index in [1.165, 1.54) is 10.6 Å². The summed E-state index contributed by atoms with van der Waals surface area (Å²) in [5.41, 5.74) is 1.50. The summed E-state index contributed by atoms with van der Waals surface area (Å²) in [6.07, 6.45) is 0. The third kappa shape index (κ3) is 3.83. The molecule has 10 heteroatoms. The van der Waals surface area contributed by atoms with Crippen LogP contribution in [-0.4, -0.2) is 25.2 Å². The van der Waals surface area contributed by atoms with Crippen LogP contribution < -0.4 is 11.0 Å². The topological polar surface area (TPSA) is 95.0 Å². The van der Waals surface area contributed by atoms with Gasteiger partial charge in [-0.1, -0.05) is 5.16 Å². The Balaban J connectivity index is 1.74. The molecule has 8 nitrogen and oxygen atoms in total. The van der Waals surface area contributed by atoms with E-state index in [0.717, 1.165) is 12.1 Å². The largest absolute Gasteiger partial charge is 0.339 e. The molecule has 0 aliphatic heterocycles. The average molecular weight is 427 g/mol. The fourth-order valence-corrected chi connectivity index (χ4v) is 3.40. The molecule has 0 radical (unpaired) electrons. The van der Waals surface area contributed by atoms with Crippen molar-refractivity contribution >= 4 is 22.6 Å². The number of hydrogen-bond acceptors (Lipinski definition) is 5. The van der Waals surface area contributed by atoms with Gasteiger partial charge in [-0.2, -0.15) is 4.98 Å². The Hall–Kier alpha value is -3.82. The van der Waals surface area contributed by atoms with E-state index in [2.05, 4.69) is 15.5 Å². The van der Waals surface area contributed by atoms with Crippen LogP contribution in [0.25, 0.3) is 22.4 Å². The number of amides is 1. The third-order valence-electron chi connectivity index (χ3n) is 4.77. The molecule has 4 aromatic rings. The molecular formula is C21H19F2N5O3. The van der Waals surface area contributed by atoms with E-state index in [0.29, 0.717) is 28.3 Å². The van der Waals surface area contributed by atoms with Gasteiger partial charge in [-0.05, 0) is 44.2 Å². The van der Waals surface area contributed by atoms with Crippen LogP contribution in [0.1, 0.15) is 25.8 Å². The van der Waals surface area contributed by atoms with Crippen LogP contribution >= 0.6 is 0 Å². The van der Waals surface area contributed by atoms with Crippen LogP contribution in [0.5, 0.6) is 0 Å². The number of halogens is 2. The van der Waals surface area contributed by atoms with Gasteiger partial charge in [-0.25, -0.2) is 13.6 Å². The zero-order chi connectivity index (χ0) is 22.3. The summed E-state index contributed by atoms with van der Waals surface area (Å²) in [6, 6.07) is 8.14. The quantitative estimate of drug-likeness (QED) is 0.525. The van der Waals surface area contributed by atoms with E-state index in [1.807, 2.05) is 13.8 Å². The van der Waals surface area contributed by atoms with E-state index in [9.17, 15) is 18.4 Å². The second-order valence-corrected chi connectivity index (χ2v) is 7.35. The summed E-state index contributed by atoms with van der Waals surface area (Å²) in [5, 5.41) is 6.38. The van der Waals surface area contributed by atoms with Gasteiger partial charge in [0.2, 0.25) is 17.6 Å². The Morgan fingerprint density at radius 1 is 1.13 bits per heavy atom. The Kier molecular flexibility index (Phi) is 5.14. The van der Waals surface area contributed by atoms with E-state index in [4.69, 9.17) is 4.52 Å². The Labute approximate surface area is 175 Å². The number of nitrogens with one attached hydrogen (secondary N) is 1. The van der Waals surface area contributed by atoms with Crippen LogP contribution in [0, 0.1) is 18.6 Å². The molecule has 0 aliphatic carbocycles. The summed E-state index contributed by atoms with van der Waals surface area (Å²) in [6.45, 7) is 5.08. The molecule has 1 N–H and O–H groups in total. The van der Waals surface area contributed by atoms with Crippen LogP contribution in [0.2, 0.25) is 0 Å². The summed E-state index contributed by atoms with van der Waals surface area (Å²) < 4.78 is 34.5. The van der Waals surface area contributed by atoms with E-state index >= 15 is 0 Å². The number of aryl methyl sites for hydroxylation is 1. The lowest BCUT2D eigenvalue weighted by molar-refractivity contribution is -0.116. The zero-order valence-corrected chi connectivity index (χ0v) is 17.0. The minimum Gasteiger partial charge on any atom is -0.339 e. The number of carbonyl (C=O) groups is 1. The number of rotatable bonds is 5. The Morgan fingerprint density at radius 2 is 1.90 bits per heavy atom. The Morgan fingerprint density at radius 3 is 2.55 bits per heavy atom. The predicted molar refractivity (Wildman–Crippen MR) is 110 cm³/mol. The number of nitrogens with zero attached hydrogens (tertiary/aromatic N) is 4. The predicted octanol–water partition coefficient (Wildman–Crippen LogP) is 3.66. The van der Waals surface area contributed by atoms with Gasteiger partial charge < -0.3 is 9.84 Å². The molecule has 31 heavy (non-hydrogen) atoms. The van der Waals surface area contributed by atoms with Crippen LogP contribution in [-0.2, 0) is 11.3 Å². The second-order valence-electron chi connectivity index (χ2n) is 7.35. The van der Waals surface area contributed by atoms with Crippen LogP contribution in [0.4, 0.5) is 14.5 Å². The van der Waals surface area contributed by atoms with E-state index in [1.54, 1.807) is 29.7 Å². The van der Waals surface area contributed by atoms with Crippen molar-refractivity contribution in [2.45, 2.75) is 33.4 Å². The summed E-state index contributed by atoms with van der Waals surface area (Å²) in [7, 11) is 0. The number of imidazole rings is 1. The number of carbonyl (C=O) groups excluding carboxylic acids is 1. The molecule has 1 amide bonds. The summed E-state index contributed by atoms with van der Waals surface area (Å²) in [4.78, 5) is 29.8. The van der Waals surface area contributed by atoms with Gasteiger partial charge in [0.25, 0.3) is 0 Å². The highest BCUT2D eigenvalue weighted by atomic mass is 19.2. The minimum absolute atomic E-state index is 0.0903. The highest BCUT2D eigenvalue weighted by molar-refractivity contribution is 5.92. The number of hydrogen-bond donors (Lipinski definition) is 1. The lowest BCUT2D eigenvalue weighted by Crippen LogP contribution is -2.30. The van der Waals surface area contributed by atoms with Crippen LogP contribution in [0.3, 0.4) is 0 Å². The highest BCUT2D eigenvalue weighted by Crippen LogP contribution is 2.24. The van der Waals surface area contributed by atoms with Gasteiger partial charge >= 0.3 is 5.69 Å². The molecule has 0 fully saturated rings. The average Bonchev–Trinajstić information content (AvgIpc) is 3.26. The van der Waals surface area contributed by atoms with E-state index in [-0.39, 0.29) is 24.0 Å². The summed E-state index contributed by atoms with van der Waals surface area (Å²) in [5.74, 6) is -1.89. The first kappa shape index (κ1) is 20.5. The second kappa shape index (κ2) is 7.78. The number of anilines is 1. The molecule has 0 saturated heterocycles. The summed E-state index contributed by atoms with van der Waals surface area (Å²) >= 11 is 0. The molecular weight excluding hydrogens is 408 g/mol. The highest BCUT2D eigenvalue weighted by Gasteiger charge is 2.19. The third-order valence-corrected chi connectivity index (χ3v) is 4.77. The standard InChI is InChI=1S/C21H19F2N5O3/c1-11(2)28-17-7-4-13(20-24-12(3)31-26-20)8-18(17)27(21(28)30)10-19(29)25-14-5-6-15(22)16(23)9-14/h4-9,11H,10H2,1-3H3,(H,25,29). The molecule has 2 heterocycles. The van der Waals surface area contributed by atoms with Crippen LogP contribution in [0.15, 0.2) is 45.7 Å². The molecule has 4 rings (SSSR count). The van der Waals surface area contributed by atoms with Crippen molar-refractivity contribution in [3.8, 4) is 11.4 Å². The molecule has 160 valence electrons. The number of benzene rings is 2. The fourth-order valence-electron chi connectivity index (χ4n) is 3.40. The van der Waals surface area contributed by atoms with Gasteiger partial charge in [0.15, 0.2) is 11.6 Å². The van der Waals surface area contributed by atoms with Gasteiger partial charge in [-0.15, -0.1) is 0 Å². The monoisotopic (exact) mass is 427 g/mol. The lowest BCUT2D eigenvalue weighted by atomic mass is 10.2. The normalized spacial score (nSPS) is 11.4. The van der Waals surface area contributed by atoms with Crippen molar-refractivity contribution in [1.82, 2.24) is 19.3 Å². The Bertz CT molecular complexity index is 1350. The molecule has 0 spiro atoms. The zero-order valence-electron chi connectivity index (χ0n) is 17.0. The van der Waals surface area contributed by atoms with Gasteiger partial charge in [0.05, 0.1) is 11.0 Å². The van der Waals surface area contributed by atoms with Gasteiger partial charge in [0, 0.05) is 30.3 Å². The fraction of sp³-hybridized carbons (Fsp3) is 0.238. The molecule has 0 unspecified atom stereocenters. The molecule has 0 bridgehead atoms. The van der Waals surface area contributed by atoms with Crippen molar-refractivity contribution in [2.24, 2.45) is 0 Å². The SMILES string of the molecule is Cc1nc(-c2ccc3c(c2)n(CC(=O)Nc2ccc(F)c(F)c2)c(=O)n3C(C)C)no1. The molecule has 2 aromatic heterocycles. The first-order chi connectivity index (χ1) is 14.7. The van der Waals surface area contributed by atoms with Crippen molar-refractivity contribution in [1.29, 1.82) is 0 Å². The minimum atomic E-state index is -1.08. The van der Waals surface area contributed by atoms with E-state index < -0.39 is 17.5 Å². The number of aromatic nitrogens is 4. The van der Waals surface area contributed by atoms with Gasteiger partial charge in [0.1, 0.15) is 6.54 Å². The maximum Gasteiger partial charge on any atom is 0.329 e. The lowest BCUT2D eigenvalue weighted by Gasteiger charge is -2.07. The van der Waals surface area contributed by atoms with Crippen molar-refractivity contribution in [3.63, 3.8) is 0 Å². The maximum atomic E-state index is 13.4.